The van der Waals surface area contributed by atoms with Crippen LogP contribution in [0, 0.1) is 0 Å². The van der Waals surface area contributed by atoms with Crippen LogP contribution in [-0.4, -0.2) is 24.0 Å². The Morgan fingerprint density at radius 1 is 1.46 bits per heavy atom. The van der Waals surface area contributed by atoms with Crippen molar-refractivity contribution in [3.63, 3.8) is 0 Å². The molecule has 2 nitrogen and oxygen atoms in total. The van der Waals surface area contributed by atoms with E-state index in [9.17, 15) is 0 Å². The number of thioether (sulfide) groups is 1. The third kappa shape index (κ3) is 4.29. The van der Waals surface area contributed by atoms with Gasteiger partial charge in [-0.2, -0.15) is 11.8 Å². The van der Waals surface area contributed by atoms with Crippen LogP contribution in [0.4, 0.5) is 0 Å². The van der Waals surface area contributed by atoms with Crippen molar-refractivity contribution in [3.8, 4) is 0 Å². The fourth-order valence-corrected chi connectivity index (χ4v) is 1.90. The van der Waals surface area contributed by atoms with E-state index in [1.165, 1.54) is 5.56 Å². The molecule has 72 valence electrons. The number of hydrogen-bond donors (Lipinski definition) is 0. The number of pyridine rings is 1. The summed E-state index contributed by atoms with van der Waals surface area (Å²) in [5, 5.41) is 0.554. The number of methoxy groups -OCH3 is 1. The SMILES string of the molecule is COCC(C)SCc1ccncc1. The van der Waals surface area contributed by atoms with Crippen LogP contribution in [-0.2, 0) is 10.5 Å². The lowest BCUT2D eigenvalue weighted by Crippen LogP contribution is -2.05. The molecule has 0 aliphatic heterocycles. The second-order valence-corrected chi connectivity index (χ2v) is 4.36. The Bertz CT molecular complexity index is 228. The predicted molar refractivity (Wildman–Crippen MR) is 56.9 cm³/mol. The highest BCUT2D eigenvalue weighted by Crippen LogP contribution is 2.16. The van der Waals surface area contributed by atoms with Gasteiger partial charge in [0.25, 0.3) is 0 Å². The lowest BCUT2D eigenvalue weighted by molar-refractivity contribution is 0.203. The molecule has 1 unspecified atom stereocenters. The number of aromatic nitrogens is 1. The van der Waals surface area contributed by atoms with E-state index in [1.807, 2.05) is 36.3 Å². The first-order chi connectivity index (χ1) is 6.33. The standard InChI is InChI=1S/C10H15NOS/c1-9(7-12-2)13-8-10-3-5-11-6-4-10/h3-6,9H,7-8H2,1-2H3. The molecule has 1 rings (SSSR count). The van der Waals surface area contributed by atoms with E-state index >= 15 is 0 Å². The normalized spacial score (nSPS) is 12.8. The van der Waals surface area contributed by atoms with Crippen LogP contribution in [0.2, 0.25) is 0 Å². The molecule has 1 aromatic heterocycles. The van der Waals surface area contributed by atoms with E-state index in [2.05, 4.69) is 11.9 Å². The minimum absolute atomic E-state index is 0.554. The number of rotatable bonds is 5. The van der Waals surface area contributed by atoms with Crippen molar-refractivity contribution in [3.05, 3.63) is 30.1 Å². The molecule has 0 radical (unpaired) electrons. The molecule has 0 aromatic carbocycles. The van der Waals surface area contributed by atoms with Crippen molar-refractivity contribution in [2.24, 2.45) is 0 Å². The van der Waals surface area contributed by atoms with E-state index in [0.717, 1.165) is 12.4 Å². The van der Waals surface area contributed by atoms with Gasteiger partial charge < -0.3 is 4.74 Å². The number of nitrogens with zero attached hydrogens (tertiary/aromatic N) is 1. The van der Waals surface area contributed by atoms with Gasteiger partial charge in [-0.3, -0.25) is 4.98 Å². The van der Waals surface area contributed by atoms with Gasteiger partial charge in [0.1, 0.15) is 0 Å². The first kappa shape index (κ1) is 10.5. The topological polar surface area (TPSA) is 22.1 Å². The van der Waals surface area contributed by atoms with Crippen molar-refractivity contribution in [2.45, 2.75) is 17.9 Å². The zero-order valence-electron chi connectivity index (χ0n) is 8.06. The van der Waals surface area contributed by atoms with Gasteiger partial charge in [0, 0.05) is 30.5 Å². The first-order valence-electron chi connectivity index (χ1n) is 4.32. The molecule has 0 aliphatic rings. The van der Waals surface area contributed by atoms with Crippen LogP contribution in [0.25, 0.3) is 0 Å². The molecular formula is C10H15NOS. The Labute approximate surface area is 83.7 Å². The van der Waals surface area contributed by atoms with Crippen LogP contribution in [0.1, 0.15) is 12.5 Å². The summed E-state index contributed by atoms with van der Waals surface area (Å²) in [5.74, 6) is 1.03. The van der Waals surface area contributed by atoms with Crippen LogP contribution in [0.15, 0.2) is 24.5 Å². The molecule has 0 aliphatic carbocycles. The molecule has 0 saturated carbocycles. The second kappa shape index (κ2) is 6.00. The van der Waals surface area contributed by atoms with Gasteiger partial charge in [-0.1, -0.05) is 6.92 Å². The second-order valence-electron chi connectivity index (χ2n) is 2.93. The predicted octanol–water partition coefficient (Wildman–Crippen LogP) is 2.35. The van der Waals surface area contributed by atoms with Gasteiger partial charge >= 0.3 is 0 Å². The molecular weight excluding hydrogens is 182 g/mol. The third-order valence-corrected chi connectivity index (χ3v) is 2.89. The molecule has 1 atom stereocenters. The van der Waals surface area contributed by atoms with Crippen LogP contribution >= 0.6 is 11.8 Å². The van der Waals surface area contributed by atoms with Crippen LogP contribution in [0.5, 0.6) is 0 Å². The largest absolute Gasteiger partial charge is 0.384 e. The summed E-state index contributed by atoms with van der Waals surface area (Å²) in [6.07, 6.45) is 3.66. The molecule has 0 amide bonds. The maximum Gasteiger partial charge on any atom is 0.0578 e. The minimum atomic E-state index is 0.554. The van der Waals surface area contributed by atoms with Crippen molar-refractivity contribution in [1.82, 2.24) is 4.98 Å². The molecule has 0 fully saturated rings. The Kier molecular flexibility index (Phi) is 4.86. The summed E-state index contributed by atoms with van der Waals surface area (Å²) < 4.78 is 5.06. The number of ether oxygens (including phenoxy) is 1. The maximum atomic E-state index is 5.06. The van der Waals surface area contributed by atoms with Crippen molar-refractivity contribution < 1.29 is 4.74 Å². The van der Waals surface area contributed by atoms with Gasteiger partial charge in [-0.15, -0.1) is 0 Å². The van der Waals surface area contributed by atoms with Crippen molar-refractivity contribution >= 4 is 11.8 Å². The first-order valence-corrected chi connectivity index (χ1v) is 5.37. The van der Waals surface area contributed by atoms with Gasteiger partial charge in [0.2, 0.25) is 0 Å². The quantitative estimate of drug-likeness (QED) is 0.723. The molecule has 13 heavy (non-hydrogen) atoms. The molecule has 3 heteroatoms. The monoisotopic (exact) mass is 197 g/mol. The van der Waals surface area contributed by atoms with Crippen LogP contribution in [0.3, 0.4) is 0 Å². The van der Waals surface area contributed by atoms with Crippen molar-refractivity contribution in [2.75, 3.05) is 13.7 Å². The highest BCUT2D eigenvalue weighted by molar-refractivity contribution is 7.99. The molecule has 0 bridgehead atoms. The molecule has 0 spiro atoms. The Hall–Kier alpha value is -0.540. The van der Waals surface area contributed by atoms with E-state index < -0.39 is 0 Å². The zero-order chi connectivity index (χ0) is 9.52. The maximum absolute atomic E-state index is 5.06. The summed E-state index contributed by atoms with van der Waals surface area (Å²) >= 11 is 1.90. The summed E-state index contributed by atoms with van der Waals surface area (Å²) in [6.45, 7) is 2.99. The molecule has 0 N–H and O–H groups in total. The highest BCUT2D eigenvalue weighted by Gasteiger charge is 2.01. The Morgan fingerprint density at radius 2 is 2.15 bits per heavy atom. The number of hydrogen-bond acceptors (Lipinski definition) is 3. The van der Waals surface area contributed by atoms with Crippen LogP contribution < -0.4 is 0 Å². The van der Waals surface area contributed by atoms with Gasteiger partial charge in [0.05, 0.1) is 6.61 Å². The van der Waals surface area contributed by atoms with Crippen molar-refractivity contribution in [1.29, 1.82) is 0 Å². The molecule has 1 aromatic rings. The summed E-state index contributed by atoms with van der Waals surface area (Å²) in [5.41, 5.74) is 1.32. The zero-order valence-corrected chi connectivity index (χ0v) is 8.88. The lowest BCUT2D eigenvalue weighted by atomic mass is 10.3. The lowest BCUT2D eigenvalue weighted by Gasteiger charge is -2.09. The fraction of sp³-hybridized carbons (Fsp3) is 0.500. The summed E-state index contributed by atoms with van der Waals surface area (Å²) in [6, 6.07) is 4.10. The van der Waals surface area contributed by atoms with E-state index in [-0.39, 0.29) is 0 Å². The average Bonchev–Trinajstić information content (AvgIpc) is 2.17. The Balaban J connectivity index is 2.27. The Morgan fingerprint density at radius 3 is 2.77 bits per heavy atom. The molecule has 0 saturated heterocycles. The van der Waals surface area contributed by atoms with E-state index in [1.54, 1.807) is 7.11 Å². The van der Waals surface area contributed by atoms with Gasteiger partial charge in [0.15, 0.2) is 0 Å². The minimum Gasteiger partial charge on any atom is -0.384 e. The summed E-state index contributed by atoms with van der Waals surface area (Å²) in [4.78, 5) is 3.97. The highest BCUT2D eigenvalue weighted by atomic mass is 32.2. The smallest absolute Gasteiger partial charge is 0.0578 e. The third-order valence-electron chi connectivity index (χ3n) is 1.69. The molecule has 1 heterocycles. The average molecular weight is 197 g/mol. The van der Waals surface area contributed by atoms with Gasteiger partial charge in [-0.25, -0.2) is 0 Å². The van der Waals surface area contributed by atoms with E-state index in [0.29, 0.717) is 5.25 Å². The van der Waals surface area contributed by atoms with Gasteiger partial charge in [-0.05, 0) is 17.7 Å². The van der Waals surface area contributed by atoms with E-state index in [4.69, 9.17) is 4.74 Å². The summed E-state index contributed by atoms with van der Waals surface area (Å²) in [7, 11) is 1.74. The fourth-order valence-electron chi connectivity index (χ4n) is 1.00.